The van der Waals surface area contributed by atoms with Crippen molar-refractivity contribution in [3.05, 3.63) is 94.5 Å². The van der Waals surface area contributed by atoms with Crippen molar-refractivity contribution in [2.75, 3.05) is 6.61 Å². The van der Waals surface area contributed by atoms with Crippen LogP contribution in [0.25, 0.3) is 12.2 Å². The molecular formula is C25H18ClNO6. The molecule has 0 bridgehead atoms. The number of cyclic esters (lactones) is 1. The fraction of sp³-hybridized carbons (Fsp3) is 0.0800. The van der Waals surface area contributed by atoms with Crippen LogP contribution < -0.4 is 9.47 Å². The first-order valence-electron chi connectivity index (χ1n) is 10.0. The van der Waals surface area contributed by atoms with Gasteiger partial charge in [0.05, 0.1) is 12.9 Å². The van der Waals surface area contributed by atoms with E-state index in [1.807, 2.05) is 6.92 Å². The Morgan fingerprint density at radius 2 is 1.88 bits per heavy atom. The Labute approximate surface area is 194 Å². The van der Waals surface area contributed by atoms with E-state index in [2.05, 4.69) is 4.99 Å². The van der Waals surface area contributed by atoms with E-state index < -0.39 is 11.9 Å². The van der Waals surface area contributed by atoms with Crippen LogP contribution in [0.3, 0.4) is 0 Å². The Balaban J connectivity index is 1.51. The summed E-state index contributed by atoms with van der Waals surface area (Å²) in [5.41, 5.74) is 1.53. The molecule has 0 amide bonds. The van der Waals surface area contributed by atoms with Crippen LogP contribution in [0.15, 0.2) is 82.0 Å². The molecule has 1 aromatic heterocycles. The Morgan fingerprint density at radius 1 is 1.09 bits per heavy atom. The number of esters is 2. The van der Waals surface area contributed by atoms with Gasteiger partial charge >= 0.3 is 11.9 Å². The maximum atomic E-state index is 12.3. The predicted octanol–water partition coefficient (Wildman–Crippen LogP) is 5.30. The zero-order chi connectivity index (χ0) is 23.2. The van der Waals surface area contributed by atoms with Crippen LogP contribution >= 0.6 is 11.6 Å². The van der Waals surface area contributed by atoms with Gasteiger partial charge in [0.25, 0.3) is 5.90 Å². The van der Waals surface area contributed by atoms with Gasteiger partial charge in [-0.15, -0.1) is 0 Å². The zero-order valence-electron chi connectivity index (χ0n) is 17.5. The summed E-state index contributed by atoms with van der Waals surface area (Å²) >= 11 is 5.86. The highest BCUT2D eigenvalue weighted by molar-refractivity contribution is 6.30. The van der Waals surface area contributed by atoms with Gasteiger partial charge in [0.2, 0.25) is 0 Å². The third-order valence-electron chi connectivity index (χ3n) is 4.42. The van der Waals surface area contributed by atoms with E-state index in [9.17, 15) is 9.59 Å². The molecule has 1 aliphatic rings. The summed E-state index contributed by atoms with van der Waals surface area (Å²) < 4.78 is 21.4. The largest absolute Gasteiger partial charge is 0.490 e. The minimum atomic E-state index is -0.595. The standard InChI is InChI=1S/C25H18ClNO6/c1-2-30-22-15-17(14-19-25(29)33-24(27-19)21-4-3-13-31-21)7-11-20(22)32-23(28)12-8-16-5-9-18(26)10-6-16/h3-15H,2H2,1H3/b12-8+,19-14+. The van der Waals surface area contributed by atoms with Crippen LogP contribution in [-0.4, -0.2) is 24.4 Å². The second kappa shape index (κ2) is 10.0. The maximum absolute atomic E-state index is 12.3. The number of rotatable bonds is 7. The molecular weight excluding hydrogens is 446 g/mol. The first-order valence-corrected chi connectivity index (χ1v) is 10.4. The van der Waals surface area contributed by atoms with Gasteiger partial charge < -0.3 is 18.6 Å². The second-order valence-electron chi connectivity index (χ2n) is 6.76. The van der Waals surface area contributed by atoms with E-state index in [1.165, 1.54) is 12.3 Å². The van der Waals surface area contributed by atoms with Crippen LogP contribution in [0.4, 0.5) is 0 Å². The Hall–Kier alpha value is -4.10. The minimum Gasteiger partial charge on any atom is -0.490 e. The lowest BCUT2D eigenvalue weighted by molar-refractivity contribution is -0.130. The summed E-state index contributed by atoms with van der Waals surface area (Å²) in [4.78, 5) is 28.6. The summed E-state index contributed by atoms with van der Waals surface area (Å²) in [6.07, 6.45) is 5.95. The lowest BCUT2D eigenvalue weighted by Crippen LogP contribution is -2.06. The summed E-state index contributed by atoms with van der Waals surface area (Å²) in [7, 11) is 0. The molecule has 4 rings (SSSR count). The molecule has 2 heterocycles. The second-order valence-corrected chi connectivity index (χ2v) is 7.19. The number of carbonyl (C=O) groups excluding carboxylic acids is 2. The highest BCUT2D eigenvalue weighted by atomic mass is 35.5. The molecule has 7 nitrogen and oxygen atoms in total. The van der Waals surface area contributed by atoms with Crippen molar-refractivity contribution in [1.29, 1.82) is 0 Å². The van der Waals surface area contributed by atoms with Crippen LogP contribution in [0, 0.1) is 0 Å². The molecule has 0 N–H and O–H groups in total. The van der Waals surface area contributed by atoms with Gasteiger partial charge in [0, 0.05) is 11.1 Å². The average molecular weight is 464 g/mol. The number of hydrogen-bond acceptors (Lipinski definition) is 7. The number of halogens is 1. The third-order valence-corrected chi connectivity index (χ3v) is 4.67. The highest BCUT2D eigenvalue weighted by Crippen LogP contribution is 2.30. The van der Waals surface area contributed by atoms with Gasteiger partial charge in [0.1, 0.15) is 0 Å². The first kappa shape index (κ1) is 22.1. The van der Waals surface area contributed by atoms with Gasteiger partial charge in [-0.05, 0) is 66.6 Å². The van der Waals surface area contributed by atoms with E-state index in [-0.39, 0.29) is 17.3 Å². The molecule has 2 aromatic carbocycles. The van der Waals surface area contributed by atoms with Gasteiger partial charge in [-0.3, -0.25) is 0 Å². The smallest absolute Gasteiger partial charge is 0.363 e. The summed E-state index contributed by atoms with van der Waals surface area (Å²) in [5, 5.41) is 0.611. The molecule has 0 unspecified atom stereocenters. The van der Waals surface area contributed by atoms with Crippen molar-refractivity contribution in [3.63, 3.8) is 0 Å². The number of benzene rings is 2. The zero-order valence-corrected chi connectivity index (χ0v) is 18.2. The van der Waals surface area contributed by atoms with Crippen LogP contribution in [0.2, 0.25) is 5.02 Å². The number of furan rings is 1. The number of aliphatic imine (C=N–C) groups is 1. The van der Waals surface area contributed by atoms with Gasteiger partial charge in [-0.25, -0.2) is 14.6 Å². The molecule has 0 saturated heterocycles. The van der Waals surface area contributed by atoms with E-state index in [0.29, 0.717) is 28.7 Å². The molecule has 1 aliphatic heterocycles. The lowest BCUT2D eigenvalue weighted by Gasteiger charge is -2.10. The fourth-order valence-electron chi connectivity index (χ4n) is 2.92. The summed E-state index contributed by atoms with van der Waals surface area (Å²) in [6.45, 7) is 2.17. The van der Waals surface area contributed by atoms with Crippen molar-refractivity contribution in [2.45, 2.75) is 6.92 Å². The predicted molar refractivity (Wildman–Crippen MR) is 123 cm³/mol. The molecule has 33 heavy (non-hydrogen) atoms. The molecule has 0 saturated carbocycles. The summed E-state index contributed by atoms with van der Waals surface area (Å²) in [6, 6.07) is 15.3. The first-order chi connectivity index (χ1) is 16.0. The number of carbonyl (C=O) groups is 2. The Bertz CT molecular complexity index is 1260. The number of hydrogen-bond donors (Lipinski definition) is 0. The molecule has 0 atom stereocenters. The van der Waals surface area contributed by atoms with Crippen LogP contribution in [0.1, 0.15) is 23.8 Å². The third kappa shape index (κ3) is 5.58. The van der Waals surface area contributed by atoms with Crippen molar-refractivity contribution < 1.29 is 28.2 Å². The minimum absolute atomic E-state index is 0.0966. The SMILES string of the molecule is CCOc1cc(/C=C2/N=C(c3ccco3)OC2=O)ccc1OC(=O)/C=C/c1ccc(Cl)cc1. The quantitative estimate of drug-likeness (QED) is 0.268. The van der Waals surface area contributed by atoms with Crippen LogP contribution in [-0.2, 0) is 14.3 Å². The molecule has 0 radical (unpaired) electrons. The fourth-order valence-corrected chi connectivity index (χ4v) is 3.05. The molecule has 3 aromatic rings. The van der Waals surface area contributed by atoms with Crippen LogP contribution in [0.5, 0.6) is 11.5 Å². The van der Waals surface area contributed by atoms with Crippen molar-refractivity contribution in [1.82, 2.24) is 0 Å². The maximum Gasteiger partial charge on any atom is 0.363 e. The number of nitrogens with zero attached hydrogens (tertiary/aromatic N) is 1. The van der Waals surface area contributed by atoms with Gasteiger partial charge in [-0.1, -0.05) is 29.8 Å². The normalized spacial score (nSPS) is 14.4. The van der Waals surface area contributed by atoms with Gasteiger partial charge in [0.15, 0.2) is 23.0 Å². The van der Waals surface area contributed by atoms with Crippen molar-refractivity contribution in [3.8, 4) is 11.5 Å². The van der Waals surface area contributed by atoms with E-state index in [1.54, 1.807) is 66.7 Å². The van der Waals surface area contributed by atoms with E-state index in [0.717, 1.165) is 5.56 Å². The molecule has 8 heteroatoms. The molecule has 0 spiro atoms. The monoisotopic (exact) mass is 463 g/mol. The summed E-state index contributed by atoms with van der Waals surface area (Å²) in [5.74, 6) is -0.110. The lowest BCUT2D eigenvalue weighted by atomic mass is 10.1. The van der Waals surface area contributed by atoms with E-state index in [4.69, 9.17) is 30.2 Å². The average Bonchev–Trinajstić information content (AvgIpc) is 3.46. The molecule has 0 aliphatic carbocycles. The van der Waals surface area contributed by atoms with Crippen molar-refractivity contribution >= 4 is 41.6 Å². The molecule has 166 valence electrons. The topological polar surface area (TPSA) is 87.3 Å². The Morgan fingerprint density at radius 3 is 2.61 bits per heavy atom. The Kier molecular flexibility index (Phi) is 6.71. The van der Waals surface area contributed by atoms with Crippen molar-refractivity contribution in [2.24, 2.45) is 4.99 Å². The number of ether oxygens (including phenoxy) is 3. The van der Waals surface area contributed by atoms with Gasteiger partial charge in [-0.2, -0.15) is 0 Å². The highest BCUT2D eigenvalue weighted by Gasteiger charge is 2.26. The van der Waals surface area contributed by atoms with E-state index >= 15 is 0 Å². The molecule has 0 fully saturated rings.